The molecule has 0 aromatic heterocycles. The predicted octanol–water partition coefficient (Wildman–Crippen LogP) is 3.15. The predicted molar refractivity (Wildman–Crippen MR) is 106 cm³/mol. The normalized spacial score (nSPS) is 25.4. The number of carboxylic acid groups (broad SMARTS) is 1. The highest BCUT2D eigenvalue weighted by molar-refractivity contribution is 6.30. The number of aliphatic carboxylic acids is 1. The summed E-state index contributed by atoms with van der Waals surface area (Å²) in [7, 11) is 0. The summed E-state index contributed by atoms with van der Waals surface area (Å²) in [5.41, 5.74) is 1.88. The molecule has 1 heterocycles. The van der Waals surface area contributed by atoms with Crippen molar-refractivity contribution in [3.63, 3.8) is 0 Å². The van der Waals surface area contributed by atoms with Crippen LogP contribution in [-0.4, -0.2) is 66.6 Å². The molecule has 3 rings (SSSR count). The van der Waals surface area contributed by atoms with Gasteiger partial charge in [-0.1, -0.05) is 54.1 Å². The lowest BCUT2D eigenvalue weighted by Gasteiger charge is -2.39. The molecule has 1 fully saturated rings. The molecule has 0 bridgehead atoms. The monoisotopic (exact) mass is 396 g/mol. The van der Waals surface area contributed by atoms with Crippen molar-refractivity contribution < 1.29 is 24.2 Å². The average Bonchev–Trinajstić information content (AvgIpc) is 2.79. The quantitative estimate of drug-likeness (QED) is 0.742. The highest BCUT2D eigenvalue weighted by atomic mass is 35.5. The molecule has 0 saturated carbocycles. The van der Waals surface area contributed by atoms with Crippen molar-refractivity contribution in [3.05, 3.63) is 70.7 Å². The molecule has 2 unspecified atom stereocenters. The van der Waals surface area contributed by atoms with Crippen molar-refractivity contribution in [1.82, 2.24) is 9.80 Å². The molecule has 0 aliphatic carbocycles. The molecule has 27 heavy (non-hydrogen) atoms. The maximum Gasteiger partial charge on any atom is 0.329 e. The number of hydrogen-bond donors (Lipinski definition) is 1. The fraction of sp³-hybridized carbons (Fsp3) is 0.381. The van der Waals surface area contributed by atoms with Gasteiger partial charge in [-0.3, -0.25) is 9.80 Å². The number of nitrogens with zero attached hydrogens (tertiary/aromatic N) is 2. The summed E-state index contributed by atoms with van der Waals surface area (Å²) < 4.78 is 67.3. The van der Waals surface area contributed by atoms with Gasteiger partial charge in [0.2, 0.25) is 0 Å². The van der Waals surface area contributed by atoms with Crippen molar-refractivity contribution >= 4 is 17.6 Å². The Bertz CT molecular complexity index is 1010. The van der Waals surface area contributed by atoms with Crippen molar-refractivity contribution in [2.75, 3.05) is 45.8 Å². The van der Waals surface area contributed by atoms with Gasteiger partial charge in [-0.2, -0.15) is 0 Å². The van der Waals surface area contributed by atoms with Crippen LogP contribution in [-0.2, 0) is 9.53 Å². The SMILES string of the molecule is [2H]OC(=O)C([2H])([2H])OC([2H])([2H])C([2H])([2H])N1CCN(C(c2ccccc2)c2ccc(Cl)cc2)CC1[2H]. The van der Waals surface area contributed by atoms with E-state index in [1.165, 1.54) is 0 Å². The number of carboxylic acids is 1. The van der Waals surface area contributed by atoms with E-state index >= 15 is 0 Å². The topological polar surface area (TPSA) is 53.0 Å². The molecule has 1 saturated heterocycles. The fourth-order valence-electron chi connectivity index (χ4n) is 3.00. The fourth-order valence-corrected chi connectivity index (χ4v) is 3.13. The van der Waals surface area contributed by atoms with Crippen LogP contribution in [0.5, 0.6) is 0 Å². The molecule has 2 aromatic carbocycles. The van der Waals surface area contributed by atoms with Gasteiger partial charge in [0.25, 0.3) is 1.43 Å². The summed E-state index contributed by atoms with van der Waals surface area (Å²) in [5.74, 6) is -1.82. The first-order valence-electron chi connectivity index (χ1n) is 12.4. The Morgan fingerprint density at radius 2 is 1.93 bits per heavy atom. The Balaban J connectivity index is 1.84. The van der Waals surface area contributed by atoms with E-state index in [0.717, 1.165) is 16.0 Å². The van der Waals surface area contributed by atoms with Gasteiger partial charge >= 0.3 is 5.97 Å². The van der Waals surface area contributed by atoms with E-state index in [-0.39, 0.29) is 25.7 Å². The summed E-state index contributed by atoms with van der Waals surface area (Å²) in [4.78, 5) is 14.3. The van der Waals surface area contributed by atoms with E-state index in [1.54, 1.807) is 12.1 Å². The summed E-state index contributed by atoms with van der Waals surface area (Å²) in [6.45, 7) is -10.7. The third-order valence-corrected chi connectivity index (χ3v) is 4.46. The van der Waals surface area contributed by atoms with Crippen LogP contribution in [0.25, 0.3) is 1.43 Å². The highest BCUT2D eigenvalue weighted by Gasteiger charge is 2.26. The largest absolute Gasteiger partial charge is 0.480 e. The third kappa shape index (κ3) is 5.78. The van der Waals surface area contributed by atoms with Gasteiger partial charge in [0, 0.05) is 41.8 Å². The van der Waals surface area contributed by atoms with Crippen LogP contribution < -0.4 is 0 Å². The van der Waals surface area contributed by atoms with Crippen molar-refractivity contribution in [1.29, 1.82) is 1.43 Å². The molecular formula is C21H25ClN2O3. The molecule has 0 spiro atoms. The minimum atomic E-state index is -3.40. The van der Waals surface area contributed by atoms with Crippen molar-refractivity contribution in [3.8, 4) is 0 Å². The van der Waals surface area contributed by atoms with Crippen molar-refractivity contribution in [2.24, 2.45) is 0 Å². The van der Waals surface area contributed by atoms with Gasteiger partial charge in [-0.25, -0.2) is 4.79 Å². The Labute approximate surface area is 176 Å². The minimum absolute atomic E-state index is 0.0411. The Morgan fingerprint density at radius 1 is 1.19 bits per heavy atom. The Morgan fingerprint density at radius 3 is 2.63 bits per heavy atom. The van der Waals surface area contributed by atoms with Gasteiger partial charge in [-0.05, 0) is 23.3 Å². The van der Waals surface area contributed by atoms with Crippen molar-refractivity contribution in [2.45, 2.75) is 6.04 Å². The van der Waals surface area contributed by atoms with Gasteiger partial charge in [0.1, 0.15) is 6.56 Å². The van der Waals surface area contributed by atoms with Crippen LogP contribution in [0.2, 0.25) is 5.02 Å². The number of rotatable bonds is 8. The van der Waals surface area contributed by atoms with E-state index in [9.17, 15) is 4.79 Å². The zero-order valence-corrected chi connectivity index (χ0v) is 15.2. The van der Waals surface area contributed by atoms with Crippen LogP contribution >= 0.6 is 11.6 Å². The second-order valence-corrected chi connectivity index (χ2v) is 6.38. The summed E-state index contributed by atoms with van der Waals surface area (Å²) in [6.07, 6.45) is 0. The lowest BCUT2D eigenvalue weighted by atomic mass is 9.96. The molecule has 1 N–H and O–H groups in total. The Hall–Kier alpha value is -1.92. The first-order chi connectivity index (χ1) is 16.3. The minimum Gasteiger partial charge on any atom is -0.480 e. The Kier molecular flexibility index (Phi) is 4.31. The number of hydrogen-bond acceptors (Lipinski definition) is 5. The first kappa shape index (κ1) is 11.8. The number of ether oxygens (including phenoxy) is 1. The maximum atomic E-state index is 11.4. The molecule has 144 valence electrons. The smallest absolute Gasteiger partial charge is 0.329 e. The second kappa shape index (κ2) is 9.85. The van der Waals surface area contributed by atoms with Gasteiger partial charge in [0.15, 0.2) is 0 Å². The molecule has 2 atom stereocenters. The lowest BCUT2D eigenvalue weighted by Crippen LogP contribution is -2.48. The molecule has 0 radical (unpaired) electrons. The zero-order chi connectivity index (χ0) is 26.0. The van der Waals surface area contributed by atoms with Crippen LogP contribution in [0.1, 0.15) is 26.8 Å². The third-order valence-electron chi connectivity index (χ3n) is 4.21. The molecular weight excluding hydrogens is 364 g/mol. The van der Waals surface area contributed by atoms with E-state index in [1.807, 2.05) is 47.4 Å². The van der Waals surface area contributed by atoms with Crippen LogP contribution in [0.15, 0.2) is 54.6 Å². The number of benzene rings is 2. The van der Waals surface area contributed by atoms with E-state index in [4.69, 9.17) is 22.6 Å². The second-order valence-electron chi connectivity index (χ2n) is 5.94. The van der Waals surface area contributed by atoms with E-state index in [0.29, 0.717) is 5.02 Å². The number of carbonyl (C=O) groups is 1. The van der Waals surface area contributed by atoms with Gasteiger partial charge in [0.05, 0.1) is 18.1 Å². The molecule has 2 aromatic rings. The van der Waals surface area contributed by atoms with E-state index in [2.05, 4.69) is 9.85 Å². The molecule has 1 aliphatic heterocycles. The van der Waals surface area contributed by atoms with Crippen LogP contribution in [0, 0.1) is 0 Å². The average molecular weight is 397 g/mol. The molecule has 1 aliphatic rings. The van der Waals surface area contributed by atoms with Crippen LogP contribution in [0.3, 0.4) is 0 Å². The summed E-state index contributed by atoms with van der Waals surface area (Å²) >= 11 is 6.05. The molecule has 5 nitrogen and oxygen atoms in total. The maximum absolute atomic E-state index is 11.4. The van der Waals surface area contributed by atoms with Gasteiger partial charge in [-0.15, -0.1) is 0 Å². The molecule has 6 heteroatoms. The standard InChI is InChI=1S/C21H25ClN2O3/c22-19-8-6-18(7-9-19)21(17-4-2-1-3-5-17)24-12-10-23(11-13-24)14-15-27-16-20(25)26/h1-9,21H,10-16H2,(H,25,26)/i10D,14D2,15D2,16D2/hD. The van der Waals surface area contributed by atoms with Gasteiger partial charge < -0.3 is 9.85 Å². The number of piperazine rings is 1. The summed E-state index contributed by atoms with van der Waals surface area (Å²) in [5, 5.41) is 4.11. The first-order valence-corrected chi connectivity index (χ1v) is 8.79. The molecule has 0 amide bonds. The lowest BCUT2D eigenvalue weighted by molar-refractivity contribution is -0.142. The zero-order valence-electron chi connectivity index (χ0n) is 22.5. The van der Waals surface area contributed by atoms with E-state index < -0.39 is 32.1 Å². The summed E-state index contributed by atoms with van der Waals surface area (Å²) in [6, 6.07) is 16.6. The number of halogens is 1. The van der Waals surface area contributed by atoms with Crippen LogP contribution in [0.4, 0.5) is 0 Å². The highest BCUT2D eigenvalue weighted by Crippen LogP contribution is 2.30.